The molecular formula is C34H56N4O6S. The first-order chi connectivity index (χ1) is 20.8. The molecule has 1 aliphatic carbocycles. The number of amides is 3. The van der Waals surface area contributed by atoms with E-state index in [1.807, 2.05) is 51.1 Å². The molecule has 11 heteroatoms. The number of hydrogen-bond acceptors (Lipinski definition) is 7. The van der Waals surface area contributed by atoms with E-state index in [2.05, 4.69) is 20.9 Å². The van der Waals surface area contributed by atoms with Crippen LogP contribution in [0.3, 0.4) is 0 Å². The van der Waals surface area contributed by atoms with Gasteiger partial charge in [0.2, 0.25) is 17.7 Å². The molecule has 3 amide bonds. The Bertz CT molecular complexity index is 1280. The highest BCUT2D eigenvalue weighted by atomic mass is 32.2. The molecule has 10 nitrogen and oxygen atoms in total. The molecule has 0 radical (unpaired) electrons. The Hall–Kier alpha value is -2.50. The molecule has 2 fully saturated rings. The predicted molar refractivity (Wildman–Crippen MR) is 177 cm³/mol. The molecule has 1 aliphatic heterocycles. The lowest BCUT2D eigenvalue weighted by molar-refractivity contribution is -0.134. The standard InChI is InChI=1S/C34H56N4O6S/c1-22(2)30(40)36-29(34(6,7)45(8,43)44)32(42)35-26(18-23-14-10-9-11-15-23)28(39)21-38-20-25-17-13-12-16-24(25)19-27(38)31(41)37-33(3,4)5/h9-11,14-15,22,24-29,39H,12-13,16-21H2,1-8H3,(H,35,42)(H,36,40)(H,37,41)/t24-,25+,26-,27-,28+,29+/m0/s1. The van der Waals surface area contributed by atoms with Gasteiger partial charge in [-0.1, -0.05) is 63.4 Å². The lowest BCUT2D eigenvalue weighted by Crippen LogP contribution is -2.64. The second-order valence-corrected chi connectivity index (χ2v) is 17.7. The summed E-state index contributed by atoms with van der Waals surface area (Å²) in [6.07, 6.45) is 5.48. The molecule has 0 aromatic heterocycles. The zero-order valence-corrected chi connectivity index (χ0v) is 29.2. The molecule has 0 spiro atoms. The second kappa shape index (κ2) is 14.9. The van der Waals surface area contributed by atoms with Gasteiger partial charge in [-0.05, 0) is 71.3 Å². The van der Waals surface area contributed by atoms with Crippen LogP contribution in [0.4, 0.5) is 0 Å². The molecular weight excluding hydrogens is 592 g/mol. The fraction of sp³-hybridized carbons (Fsp3) is 0.735. The van der Waals surface area contributed by atoms with Crippen molar-refractivity contribution in [2.45, 2.75) is 122 Å². The monoisotopic (exact) mass is 648 g/mol. The summed E-state index contributed by atoms with van der Waals surface area (Å²) in [6, 6.07) is 6.81. The van der Waals surface area contributed by atoms with Gasteiger partial charge in [0.25, 0.3) is 0 Å². The van der Waals surface area contributed by atoms with Gasteiger partial charge in [0.15, 0.2) is 9.84 Å². The molecule has 6 atom stereocenters. The van der Waals surface area contributed by atoms with E-state index in [1.54, 1.807) is 13.8 Å². The summed E-state index contributed by atoms with van der Waals surface area (Å²) < 4.78 is 24.0. The molecule has 3 rings (SSSR count). The first kappa shape index (κ1) is 37.0. The van der Waals surface area contributed by atoms with Gasteiger partial charge < -0.3 is 21.1 Å². The number of likely N-dealkylation sites (tertiary alicyclic amines) is 1. The van der Waals surface area contributed by atoms with E-state index >= 15 is 0 Å². The zero-order chi connectivity index (χ0) is 33.7. The van der Waals surface area contributed by atoms with Crippen molar-refractivity contribution >= 4 is 27.6 Å². The normalized spacial score (nSPS) is 23.4. The Kier molecular flexibility index (Phi) is 12.3. The van der Waals surface area contributed by atoms with Crippen LogP contribution in [0.2, 0.25) is 0 Å². The highest BCUT2D eigenvalue weighted by Gasteiger charge is 2.46. The SMILES string of the molecule is CC(C)C(=O)N[C@H](C(=O)N[C@@H](Cc1ccccc1)[C@H](O)CN1C[C@H]2CCCC[C@H]2C[C@H]1C(=O)NC(C)(C)C)C(C)(C)S(C)(=O)=O. The third-order valence-corrected chi connectivity index (χ3v) is 11.7. The Labute approximate surface area is 270 Å². The van der Waals surface area contributed by atoms with Crippen LogP contribution in [0.25, 0.3) is 0 Å². The smallest absolute Gasteiger partial charge is 0.244 e. The topological polar surface area (TPSA) is 145 Å². The molecule has 1 aromatic rings. The predicted octanol–water partition coefficient (Wildman–Crippen LogP) is 2.83. The molecule has 1 saturated heterocycles. The van der Waals surface area contributed by atoms with Crippen LogP contribution in [0.15, 0.2) is 30.3 Å². The number of piperidine rings is 1. The van der Waals surface area contributed by atoms with Crippen LogP contribution in [0.5, 0.6) is 0 Å². The van der Waals surface area contributed by atoms with Crippen LogP contribution < -0.4 is 16.0 Å². The number of carbonyl (C=O) groups excluding carboxylic acids is 3. The summed E-state index contributed by atoms with van der Waals surface area (Å²) in [7, 11) is -3.79. The first-order valence-corrected chi connectivity index (χ1v) is 18.3. The third kappa shape index (κ3) is 9.99. The summed E-state index contributed by atoms with van der Waals surface area (Å²) in [5.41, 5.74) is 0.469. The van der Waals surface area contributed by atoms with Gasteiger partial charge in [0.1, 0.15) is 6.04 Å². The summed E-state index contributed by atoms with van der Waals surface area (Å²) in [5, 5.41) is 20.5. The minimum Gasteiger partial charge on any atom is -0.390 e. The second-order valence-electron chi connectivity index (χ2n) is 15.1. The number of nitrogens with one attached hydrogen (secondary N) is 3. The van der Waals surface area contributed by atoms with Crippen molar-refractivity contribution in [3.05, 3.63) is 35.9 Å². The number of aliphatic hydroxyl groups excluding tert-OH is 1. The maximum atomic E-state index is 13.9. The molecule has 1 saturated carbocycles. The van der Waals surface area contributed by atoms with Crippen molar-refractivity contribution in [2.24, 2.45) is 17.8 Å². The van der Waals surface area contributed by atoms with Crippen molar-refractivity contribution in [1.29, 1.82) is 0 Å². The quantitative estimate of drug-likeness (QED) is 0.273. The maximum Gasteiger partial charge on any atom is 0.244 e. The number of carbonyl (C=O) groups is 3. The number of β-amino-alcohol motifs (C(OH)–C–C–N with tert-alkyl or cyclic N) is 1. The Balaban J connectivity index is 1.92. The molecule has 0 bridgehead atoms. The largest absolute Gasteiger partial charge is 0.390 e. The van der Waals surface area contributed by atoms with Crippen molar-refractivity contribution in [3.8, 4) is 0 Å². The van der Waals surface area contributed by atoms with Crippen LogP contribution in [0.1, 0.15) is 86.1 Å². The lowest BCUT2D eigenvalue weighted by atomic mass is 9.72. The lowest BCUT2D eigenvalue weighted by Gasteiger charge is -2.47. The number of sulfone groups is 1. The minimum atomic E-state index is -3.79. The van der Waals surface area contributed by atoms with Crippen LogP contribution in [-0.4, -0.2) is 90.0 Å². The van der Waals surface area contributed by atoms with Crippen molar-refractivity contribution in [1.82, 2.24) is 20.9 Å². The molecule has 1 aromatic carbocycles. The average Bonchev–Trinajstić information content (AvgIpc) is 2.93. The zero-order valence-electron chi connectivity index (χ0n) is 28.4. The van der Waals surface area contributed by atoms with Gasteiger partial charge in [-0.25, -0.2) is 8.42 Å². The molecule has 254 valence electrons. The van der Waals surface area contributed by atoms with Crippen molar-refractivity contribution < 1.29 is 27.9 Å². The van der Waals surface area contributed by atoms with Crippen LogP contribution in [0, 0.1) is 17.8 Å². The van der Waals surface area contributed by atoms with Crippen molar-refractivity contribution in [3.63, 3.8) is 0 Å². The van der Waals surface area contributed by atoms with Crippen LogP contribution in [-0.2, 0) is 30.6 Å². The number of benzene rings is 1. The minimum absolute atomic E-state index is 0.0614. The first-order valence-electron chi connectivity index (χ1n) is 16.4. The van der Waals surface area contributed by atoms with E-state index in [4.69, 9.17) is 0 Å². The fourth-order valence-corrected chi connectivity index (χ4v) is 7.08. The Morgan fingerprint density at radius 3 is 2.11 bits per heavy atom. The van der Waals surface area contributed by atoms with Crippen LogP contribution >= 0.6 is 0 Å². The number of aliphatic hydroxyl groups is 1. The number of hydrogen-bond donors (Lipinski definition) is 4. The average molecular weight is 649 g/mol. The van der Waals surface area contributed by atoms with E-state index in [0.717, 1.165) is 37.5 Å². The molecule has 4 N–H and O–H groups in total. The van der Waals surface area contributed by atoms with E-state index in [9.17, 15) is 27.9 Å². The third-order valence-electron chi connectivity index (χ3n) is 9.54. The van der Waals surface area contributed by atoms with Gasteiger partial charge in [-0.15, -0.1) is 0 Å². The van der Waals surface area contributed by atoms with Gasteiger partial charge in [0, 0.05) is 30.8 Å². The number of rotatable bonds is 12. The van der Waals surface area contributed by atoms with Gasteiger partial charge in [-0.3, -0.25) is 19.3 Å². The highest BCUT2D eigenvalue weighted by Crippen LogP contribution is 2.39. The van der Waals surface area contributed by atoms with Gasteiger partial charge in [0.05, 0.1) is 22.9 Å². The molecule has 0 unspecified atom stereocenters. The summed E-state index contributed by atoms with van der Waals surface area (Å²) >= 11 is 0. The van der Waals surface area contributed by atoms with E-state index in [-0.39, 0.29) is 18.9 Å². The van der Waals surface area contributed by atoms with Gasteiger partial charge in [-0.2, -0.15) is 0 Å². The molecule has 1 heterocycles. The number of nitrogens with zero attached hydrogens (tertiary/aromatic N) is 1. The van der Waals surface area contributed by atoms with Crippen molar-refractivity contribution in [2.75, 3.05) is 19.3 Å². The maximum absolute atomic E-state index is 13.9. The van der Waals surface area contributed by atoms with E-state index in [1.165, 1.54) is 20.3 Å². The summed E-state index contributed by atoms with van der Waals surface area (Å²) in [5.74, 6) is -0.763. The highest BCUT2D eigenvalue weighted by molar-refractivity contribution is 7.92. The molecule has 45 heavy (non-hydrogen) atoms. The summed E-state index contributed by atoms with van der Waals surface area (Å²) in [6.45, 7) is 12.9. The van der Waals surface area contributed by atoms with Gasteiger partial charge >= 0.3 is 0 Å². The van der Waals surface area contributed by atoms with E-state index < -0.39 is 62.1 Å². The Morgan fingerprint density at radius 1 is 0.956 bits per heavy atom. The Morgan fingerprint density at radius 2 is 1.56 bits per heavy atom. The summed E-state index contributed by atoms with van der Waals surface area (Å²) in [4.78, 5) is 42.3. The number of fused-ring (bicyclic) bond motifs is 1. The molecule has 2 aliphatic rings. The fourth-order valence-electron chi connectivity index (χ4n) is 6.49. The van der Waals surface area contributed by atoms with E-state index in [0.29, 0.717) is 18.4 Å².